The number of nitrogens with one attached hydrogen (secondary N) is 1. The number of esters is 2. The van der Waals surface area contributed by atoms with Crippen LogP contribution in [0.2, 0.25) is 0 Å². The summed E-state index contributed by atoms with van der Waals surface area (Å²) in [5.74, 6) is -1.75. The maximum atomic E-state index is 12.1. The summed E-state index contributed by atoms with van der Waals surface area (Å²) in [6.07, 6.45) is 1.51. The number of aromatic nitrogens is 1. The van der Waals surface area contributed by atoms with Gasteiger partial charge >= 0.3 is 18.0 Å². The Bertz CT molecular complexity index is 888. The monoisotopic (exact) mass is 359 g/mol. The molecule has 1 aromatic heterocycles. The number of imide groups is 1. The molecule has 3 rings (SSSR count). The Labute approximate surface area is 148 Å². The summed E-state index contributed by atoms with van der Waals surface area (Å²) in [5.41, 5.74) is 0.996. The van der Waals surface area contributed by atoms with E-state index >= 15 is 0 Å². The molecule has 1 aliphatic heterocycles. The molecular weight excluding hydrogens is 342 g/mol. The Hall–Kier alpha value is -3.36. The number of urea groups is 1. The highest BCUT2D eigenvalue weighted by Crippen LogP contribution is 2.22. The van der Waals surface area contributed by atoms with Crippen LogP contribution in [-0.2, 0) is 25.6 Å². The summed E-state index contributed by atoms with van der Waals surface area (Å²) in [4.78, 5) is 48.2. The number of para-hydroxylation sites is 1. The lowest BCUT2D eigenvalue weighted by atomic mass is 10.2. The number of carbonyl (C=O) groups excluding carboxylic acids is 4. The first-order chi connectivity index (χ1) is 12.5. The predicted octanol–water partition coefficient (Wildman–Crippen LogP) is 0.523. The number of methoxy groups -OCH3 is 1. The van der Waals surface area contributed by atoms with E-state index in [9.17, 15) is 19.2 Å². The highest BCUT2D eigenvalue weighted by Gasteiger charge is 2.27. The van der Waals surface area contributed by atoms with Gasteiger partial charge in [-0.25, -0.2) is 9.59 Å². The van der Waals surface area contributed by atoms with Crippen molar-refractivity contribution in [3.63, 3.8) is 0 Å². The van der Waals surface area contributed by atoms with Gasteiger partial charge in [-0.15, -0.1) is 0 Å². The molecule has 0 aliphatic carbocycles. The first-order valence-electron chi connectivity index (χ1n) is 7.91. The van der Waals surface area contributed by atoms with Crippen LogP contribution < -0.4 is 5.32 Å². The number of nitrogens with zero attached hydrogens (tertiary/aromatic N) is 2. The first kappa shape index (κ1) is 17.5. The lowest BCUT2D eigenvalue weighted by molar-refractivity contribution is -0.151. The summed E-state index contributed by atoms with van der Waals surface area (Å²) in [6.45, 7) is -0.0730. The van der Waals surface area contributed by atoms with Gasteiger partial charge in [0.05, 0.1) is 12.7 Å². The fourth-order valence-electron chi connectivity index (χ4n) is 2.76. The molecule has 1 saturated heterocycles. The molecule has 1 aliphatic rings. The van der Waals surface area contributed by atoms with Gasteiger partial charge in [0.25, 0.3) is 5.91 Å². The van der Waals surface area contributed by atoms with Crippen LogP contribution in [0.3, 0.4) is 0 Å². The quantitative estimate of drug-likeness (QED) is 0.780. The molecular formula is C17H17N3O6. The van der Waals surface area contributed by atoms with E-state index in [0.29, 0.717) is 23.0 Å². The van der Waals surface area contributed by atoms with Crippen molar-refractivity contribution >= 4 is 34.8 Å². The zero-order chi connectivity index (χ0) is 18.7. The van der Waals surface area contributed by atoms with E-state index in [1.54, 1.807) is 28.8 Å². The fraction of sp³-hybridized carbons (Fsp3) is 0.294. The van der Waals surface area contributed by atoms with Crippen LogP contribution in [0, 0.1) is 0 Å². The molecule has 0 atom stereocenters. The molecule has 26 heavy (non-hydrogen) atoms. The molecule has 0 spiro atoms. The van der Waals surface area contributed by atoms with Crippen molar-refractivity contribution in [2.75, 3.05) is 26.8 Å². The molecule has 0 saturated carbocycles. The van der Waals surface area contributed by atoms with E-state index in [1.807, 2.05) is 0 Å². The van der Waals surface area contributed by atoms with Crippen molar-refractivity contribution in [3.8, 4) is 0 Å². The largest absolute Gasteiger partial charge is 0.465 e. The van der Waals surface area contributed by atoms with Crippen LogP contribution in [0.1, 0.15) is 10.4 Å². The van der Waals surface area contributed by atoms with Crippen molar-refractivity contribution in [2.45, 2.75) is 6.54 Å². The molecule has 1 fully saturated rings. The van der Waals surface area contributed by atoms with Gasteiger partial charge in [0.1, 0.15) is 6.54 Å². The maximum absolute atomic E-state index is 12.1. The summed E-state index contributed by atoms with van der Waals surface area (Å²) in [6, 6.07) is 6.57. The first-order valence-corrected chi connectivity index (χ1v) is 7.91. The number of hydrogen-bond acceptors (Lipinski definition) is 6. The second-order valence-electron chi connectivity index (χ2n) is 5.62. The number of fused-ring (bicyclic) bond motifs is 1. The summed E-state index contributed by atoms with van der Waals surface area (Å²) < 4.78 is 11.3. The molecule has 0 radical (unpaired) electrons. The number of hydrogen-bond donors (Lipinski definition) is 1. The van der Waals surface area contributed by atoms with Crippen LogP contribution >= 0.6 is 0 Å². The van der Waals surface area contributed by atoms with Crippen molar-refractivity contribution in [1.82, 2.24) is 14.8 Å². The molecule has 9 nitrogen and oxygen atoms in total. The van der Waals surface area contributed by atoms with Gasteiger partial charge in [-0.3, -0.25) is 14.5 Å². The molecule has 3 amide bonds. The van der Waals surface area contributed by atoms with E-state index in [1.165, 1.54) is 13.3 Å². The lowest BCUT2D eigenvalue weighted by Gasteiger charge is -2.12. The third-order valence-corrected chi connectivity index (χ3v) is 4.01. The molecule has 136 valence electrons. The Kier molecular flexibility index (Phi) is 4.87. The van der Waals surface area contributed by atoms with Gasteiger partial charge in [0, 0.05) is 30.2 Å². The van der Waals surface area contributed by atoms with E-state index < -0.39 is 30.5 Å². The number of benzene rings is 1. The van der Waals surface area contributed by atoms with E-state index in [4.69, 9.17) is 9.47 Å². The third kappa shape index (κ3) is 3.37. The minimum Gasteiger partial charge on any atom is -0.465 e. The van der Waals surface area contributed by atoms with Crippen molar-refractivity contribution in [3.05, 3.63) is 36.0 Å². The smallest absolute Gasteiger partial charge is 0.340 e. The van der Waals surface area contributed by atoms with Gasteiger partial charge in [0.2, 0.25) is 0 Å². The van der Waals surface area contributed by atoms with E-state index in [2.05, 4.69) is 5.32 Å². The lowest BCUT2D eigenvalue weighted by Crippen LogP contribution is -2.37. The number of amides is 3. The highest BCUT2D eigenvalue weighted by atomic mass is 16.5. The van der Waals surface area contributed by atoms with Gasteiger partial charge in [-0.05, 0) is 6.07 Å². The van der Waals surface area contributed by atoms with Crippen LogP contribution in [0.5, 0.6) is 0 Å². The number of carbonyl (C=O) groups is 4. The minimum absolute atomic E-state index is 0.184. The van der Waals surface area contributed by atoms with Gasteiger partial charge in [-0.2, -0.15) is 0 Å². The SMILES string of the molecule is COC(=O)c1cn(CC(=O)OCC(=O)N2CCNC2=O)c2ccccc12. The van der Waals surface area contributed by atoms with Crippen LogP contribution in [0.4, 0.5) is 4.79 Å². The van der Waals surface area contributed by atoms with Crippen molar-refractivity contribution in [2.24, 2.45) is 0 Å². The van der Waals surface area contributed by atoms with Gasteiger partial charge < -0.3 is 19.4 Å². The maximum Gasteiger partial charge on any atom is 0.340 e. The van der Waals surface area contributed by atoms with Crippen molar-refractivity contribution in [1.29, 1.82) is 0 Å². The van der Waals surface area contributed by atoms with E-state index in [0.717, 1.165) is 4.90 Å². The highest BCUT2D eigenvalue weighted by molar-refractivity contribution is 6.04. The Morgan fingerprint density at radius 3 is 2.69 bits per heavy atom. The predicted molar refractivity (Wildman–Crippen MR) is 89.3 cm³/mol. The summed E-state index contributed by atoms with van der Waals surface area (Å²) >= 11 is 0. The molecule has 1 aromatic carbocycles. The molecule has 0 bridgehead atoms. The molecule has 2 heterocycles. The molecule has 1 N–H and O–H groups in total. The van der Waals surface area contributed by atoms with Crippen LogP contribution in [0.25, 0.3) is 10.9 Å². The van der Waals surface area contributed by atoms with E-state index in [-0.39, 0.29) is 13.1 Å². The minimum atomic E-state index is -0.657. The van der Waals surface area contributed by atoms with Gasteiger partial charge in [-0.1, -0.05) is 18.2 Å². The van der Waals surface area contributed by atoms with Crippen molar-refractivity contribution < 1.29 is 28.7 Å². The molecule has 2 aromatic rings. The second kappa shape index (κ2) is 7.26. The average Bonchev–Trinajstić information content (AvgIpc) is 3.23. The molecule has 9 heteroatoms. The zero-order valence-electron chi connectivity index (χ0n) is 14.1. The molecule has 0 unspecified atom stereocenters. The Balaban J connectivity index is 1.68. The van der Waals surface area contributed by atoms with Crippen LogP contribution in [0.15, 0.2) is 30.5 Å². The Morgan fingerprint density at radius 2 is 2.00 bits per heavy atom. The average molecular weight is 359 g/mol. The Morgan fingerprint density at radius 1 is 1.23 bits per heavy atom. The normalized spacial score (nSPS) is 13.6. The summed E-state index contributed by atoms with van der Waals surface area (Å²) in [5, 5.41) is 3.14. The number of ether oxygens (including phenoxy) is 2. The second-order valence-corrected chi connectivity index (χ2v) is 5.62. The van der Waals surface area contributed by atoms with Crippen LogP contribution in [-0.4, -0.2) is 60.2 Å². The summed E-state index contributed by atoms with van der Waals surface area (Å²) in [7, 11) is 1.28. The third-order valence-electron chi connectivity index (χ3n) is 4.01. The number of rotatable bonds is 5. The zero-order valence-corrected chi connectivity index (χ0v) is 14.1. The van der Waals surface area contributed by atoms with Gasteiger partial charge in [0.15, 0.2) is 6.61 Å². The standard InChI is InChI=1S/C17H17N3O6/c1-25-16(23)12-8-19(13-5-3-2-4-11(12)13)9-15(22)26-10-14(21)20-7-6-18-17(20)24/h2-5,8H,6-7,9-10H2,1H3,(H,18,24). The topological polar surface area (TPSA) is 107 Å². The fourth-order valence-corrected chi connectivity index (χ4v) is 2.76.